The van der Waals surface area contributed by atoms with Gasteiger partial charge in [-0.1, -0.05) is 18.2 Å². The predicted molar refractivity (Wildman–Crippen MR) is 74.8 cm³/mol. The fraction of sp³-hybridized carbons (Fsp3) is 0.286. The van der Waals surface area contributed by atoms with Crippen LogP contribution in [0.5, 0.6) is 0 Å². The van der Waals surface area contributed by atoms with E-state index < -0.39 is 6.04 Å². The van der Waals surface area contributed by atoms with Gasteiger partial charge in [0.2, 0.25) is 5.91 Å². The van der Waals surface area contributed by atoms with Crippen LogP contribution in [0.25, 0.3) is 0 Å². The second kappa shape index (κ2) is 5.67. The Morgan fingerprint density at radius 1 is 1.47 bits per heavy atom. The molecule has 0 fully saturated rings. The van der Waals surface area contributed by atoms with Crippen LogP contribution in [0.1, 0.15) is 18.3 Å². The van der Waals surface area contributed by atoms with Gasteiger partial charge in [0, 0.05) is 18.1 Å². The van der Waals surface area contributed by atoms with Crippen molar-refractivity contribution in [2.24, 2.45) is 5.73 Å². The molecule has 3 N–H and O–H groups in total. The van der Waals surface area contributed by atoms with E-state index in [1.165, 1.54) is 0 Å². The number of nitrogens with two attached hydrogens (primary N) is 1. The molecule has 5 nitrogen and oxygen atoms in total. The summed E-state index contributed by atoms with van der Waals surface area (Å²) in [6.07, 6.45) is 3.68. The summed E-state index contributed by atoms with van der Waals surface area (Å²) in [5.41, 5.74) is 7.38. The topological polar surface area (TPSA) is 72.9 Å². The Bertz CT molecular complexity index is 574. The van der Waals surface area contributed by atoms with Gasteiger partial charge in [-0.2, -0.15) is 0 Å². The van der Waals surface area contributed by atoms with Crippen LogP contribution in [0, 0.1) is 6.92 Å². The molecule has 0 aliphatic carbocycles. The van der Waals surface area contributed by atoms with Crippen LogP contribution in [0.4, 0.5) is 5.69 Å². The quantitative estimate of drug-likeness (QED) is 0.873. The van der Waals surface area contributed by atoms with E-state index in [-0.39, 0.29) is 5.91 Å². The standard InChI is InChI=1S/C14H18N4O/c1-10(15)14(19)17-13-6-4-3-5-12(13)9-18-8-7-16-11(18)2/h3-8,10H,9,15H2,1-2H3,(H,17,19). The van der Waals surface area contributed by atoms with E-state index in [1.54, 1.807) is 13.1 Å². The van der Waals surface area contributed by atoms with Crippen LogP contribution in [-0.2, 0) is 11.3 Å². The van der Waals surface area contributed by atoms with Crippen LogP contribution >= 0.6 is 0 Å². The van der Waals surface area contributed by atoms with Crippen molar-refractivity contribution in [3.05, 3.63) is 48.0 Å². The molecule has 19 heavy (non-hydrogen) atoms. The third kappa shape index (κ3) is 3.20. The molecule has 1 amide bonds. The first-order valence-electron chi connectivity index (χ1n) is 6.20. The Morgan fingerprint density at radius 2 is 2.21 bits per heavy atom. The Labute approximate surface area is 112 Å². The highest BCUT2D eigenvalue weighted by Gasteiger charge is 2.10. The number of nitrogens with one attached hydrogen (secondary N) is 1. The lowest BCUT2D eigenvalue weighted by Gasteiger charge is -2.13. The molecular weight excluding hydrogens is 240 g/mol. The Kier molecular flexibility index (Phi) is 3.97. The summed E-state index contributed by atoms with van der Waals surface area (Å²) in [7, 11) is 0. The van der Waals surface area contributed by atoms with Crippen molar-refractivity contribution in [1.82, 2.24) is 9.55 Å². The van der Waals surface area contributed by atoms with E-state index in [1.807, 2.05) is 42.0 Å². The molecule has 1 heterocycles. The average Bonchev–Trinajstić information content (AvgIpc) is 2.77. The second-order valence-electron chi connectivity index (χ2n) is 4.54. The molecule has 0 spiro atoms. The zero-order valence-corrected chi connectivity index (χ0v) is 11.1. The lowest BCUT2D eigenvalue weighted by molar-refractivity contribution is -0.117. The van der Waals surface area contributed by atoms with Crippen LogP contribution in [0.15, 0.2) is 36.7 Å². The first-order chi connectivity index (χ1) is 9.08. The smallest absolute Gasteiger partial charge is 0.241 e. The summed E-state index contributed by atoms with van der Waals surface area (Å²) in [6.45, 7) is 4.28. The predicted octanol–water partition coefficient (Wildman–Crippen LogP) is 1.53. The molecule has 2 rings (SSSR count). The number of carbonyl (C=O) groups excluding carboxylic acids is 1. The highest BCUT2D eigenvalue weighted by atomic mass is 16.2. The molecule has 0 bridgehead atoms. The SMILES string of the molecule is Cc1nccn1Cc1ccccc1NC(=O)C(C)N. The highest BCUT2D eigenvalue weighted by Crippen LogP contribution is 2.17. The first kappa shape index (κ1) is 13.3. The number of anilines is 1. The van der Waals surface area contributed by atoms with E-state index in [9.17, 15) is 4.79 Å². The van der Waals surface area contributed by atoms with E-state index >= 15 is 0 Å². The molecule has 1 aromatic heterocycles. The van der Waals surface area contributed by atoms with Gasteiger partial charge in [0.25, 0.3) is 0 Å². The monoisotopic (exact) mass is 258 g/mol. The second-order valence-corrected chi connectivity index (χ2v) is 4.54. The maximum atomic E-state index is 11.7. The molecule has 1 unspecified atom stereocenters. The summed E-state index contributed by atoms with van der Waals surface area (Å²) in [4.78, 5) is 15.9. The van der Waals surface area contributed by atoms with Gasteiger partial charge in [0.05, 0.1) is 12.6 Å². The van der Waals surface area contributed by atoms with Crippen LogP contribution < -0.4 is 11.1 Å². The van der Waals surface area contributed by atoms with E-state index in [2.05, 4.69) is 10.3 Å². The van der Waals surface area contributed by atoms with Crippen LogP contribution in [0.2, 0.25) is 0 Å². The Hall–Kier alpha value is -2.14. The molecule has 1 aromatic carbocycles. The molecule has 2 aromatic rings. The molecule has 0 saturated carbocycles. The van der Waals surface area contributed by atoms with E-state index in [0.29, 0.717) is 6.54 Å². The van der Waals surface area contributed by atoms with Crippen molar-refractivity contribution in [3.8, 4) is 0 Å². The third-order valence-corrected chi connectivity index (χ3v) is 2.95. The summed E-state index contributed by atoms with van der Waals surface area (Å²) in [5, 5.41) is 2.84. The molecular formula is C14H18N4O. The third-order valence-electron chi connectivity index (χ3n) is 2.95. The maximum absolute atomic E-state index is 11.7. The zero-order chi connectivity index (χ0) is 13.8. The van der Waals surface area contributed by atoms with Crippen molar-refractivity contribution in [2.45, 2.75) is 26.4 Å². The molecule has 1 atom stereocenters. The van der Waals surface area contributed by atoms with Crippen molar-refractivity contribution in [1.29, 1.82) is 0 Å². The number of aromatic nitrogens is 2. The molecule has 0 radical (unpaired) electrons. The largest absolute Gasteiger partial charge is 0.331 e. The molecule has 0 aliphatic rings. The molecule has 5 heteroatoms. The highest BCUT2D eigenvalue weighted by molar-refractivity contribution is 5.95. The number of hydrogen-bond acceptors (Lipinski definition) is 3. The first-order valence-corrected chi connectivity index (χ1v) is 6.20. The number of para-hydroxylation sites is 1. The van der Waals surface area contributed by atoms with Crippen LogP contribution in [0.3, 0.4) is 0 Å². The minimum absolute atomic E-state index is 0.185. The van der Waals surface area contributed by atoms with Crippen LogP contribution in [-0.4, -0.2) is 21.5 Å². The fourth-order valence-electron chi connectivity index (χ4n) is 1.78. The van der Waals surface area contributed by atoms with Gasteiger partial charge in [-0.25, -0.2) is 4.98 Å². The maximum Gasteiger partial charge on any atom is 0.241 e. The number of hydrogen-bond donors (Lipinski definition) is 2. The van der Waals surface area contributed by atoms with E-state index in [4.69, 9.17) is 5.73 Å². The van der Waals surface area contributed by atoms with Crippen molar-refractivity contribution >= 4 is 11.6 Å². The number of amides is 1. The number of imidazole rings is 1. The average molecular weight is 258 g/mol. The van der Waals surface area contributed by atoms with Gasteiger partial charge in [0.1, 0.15) is 5.82 Å². The normalized spacial score (nSPS) is 12.2. The number of nitrogens with zero attached hydrogens (tertiary/aromatic N) is 2. The minimum atomic E-state index is -0.525. The Morgan fingerprint density at radius 3 is 2.84 bits per heavy atom. The summed E-state index contributed by atoms with van der Waals surface area (Å²) in [6, 6.07) is 7.17. The fourth-order valence-corrected chi connectivity index (χ4v) is 1.78. The van der Waals surface area contributed by atoms with Gasteiger partial charge >= 0.3 is 0 Å². The number of rotatable bonds is 4. The van der Waals surface area contributed by atoms with Crippen molar-refractivity contribution in [2.75, 3.05) is 5.32 Å². The van der Waals surface area contributed by atoms with E-state index in [0.717, 1.165) is 17.1 Å². The van der Waals surface area contributed by atoms with Gasteiger partial charge in [-0.3, -0.25) is 4.79 Å². The zero-order valence-electron chi connectivity index (χ0n) is 11.1. The van der Waals surface area contributed by atoms with Gasteiger partial charge in [0.15, 0.2) is 0 Å². The molecule has 100 valence electrons. The lowest BCUT2D eigenvalue weighted by Crippen LogP contribution is -2.32. The summed E-state index contributed by atoms with van der Waals surface area (Å²) >= 11 is 0. The lowest BCUT2D eigenvalue weighted by atomic mass is 10.1. The number of benzene rings is 1. The Balaban J connectivity index is 2.21. The molecule has 0 aliphatic heterocycles. The van der Waals surface area contributed by atoms with Gasteiger partial charge in [-0.05, 0) is 25.5 Å². The number of carbonyl (C=O) groups is 1. The van der Waals surface area contributed by atoms with Crippen molar-refractivity contribution in [3.63, 3.8) is 0 Å². The summed E-state index contributed by atoms with van der Waals surface area (Å²) < 4.78 is 2.02. The number of aryl methyl sites for hydroxylation is 1. The minimum Gasteiger partial charge on any atom is -0.331 e. The van der Waals surface area contributed by atoms with Gasteiger partial charge < -0.3 is 15.6 Å². The summed E-state index contributed by atoms with van der Waals surface area (Å²) in [5.74, 6) is 0.753. The van der Waals surface area contributed by atoms with Gasteiger partial charge in [-0.15, -0.1) is 0 Å². The molecule has 0 saturated heterocycles. The van der Waals surface area contributed by atoms with Crippen molar-refractivity contribution < 1.29 is 4.79 Å².